The molecular formula is C12H10BrNOS. The van der Waals surface area contributed by atoms with Crippen LogP contribution in [-0.2, 0) is 17.8 Å². The number of rotatable bonds is 1. The summed E-state index contributed by atoms with van der Waals surface area (Å²) in [5.74, 6) is 0. The van der Waals surface area contributed by atoms with Gasteiger partial charge in [-0.3, -0.25) is 0 Å². The Bertz CT molecular complexity index is 483. The van der Waals surface area contributed by atoms with E-state index in [0.29, 0.717) is 0 Å². The van der Waals surface area contributed by atoms with Gasteiger partial charge in [-0.05, 0) is 12.1 Å². The predicted octanol–water partition coefficient (Wildman–Crippen LogP) is 3.65. The monoisotopic (exact) mass is 295 g/mol. The molecule has 0 atom stereocenters. The molecule has 82 valence electrons. The van der Waals surface area contributed by atoms with Crippen molar-refractivity contribution in [3.05, 3.63) is 39.3 Å². The van der Waals surface area contributed by atoms with Crippen molar-refractivity contribution in [2.45, 2.75) is 13.0 Å². The number of hydrogen-bond donors (Lipinski definition) is 0. The maximum absolute atomic E-state index is 5.43. The molecule has 0 bridgehead atoms. The third-order valence-electron chi connectivity index (χ3n) is 2.59. The van der Waals surface area contributed by atoms with Crippen molar-refractivity contribution in [3.8, 4) is 10.6 Å². The summed E-state index contributed by atoms with van der Waals surface area (Å²) in [7, 11) is 0. The number of benzene rings is 1. The maximum Gasteiger partial charge on any atom is 0.123 e. The number of ether oxygens (including phenoxy) is 1. The number of nitrogens with zero attached hydrogens (tertiary/aromatic N) is 1. The molecular weight excluding hydrogens is 286 g/mol. The van der Waals surface area contributed by atoms with Crippen LogP contribution in [0, 0.1) is 0 Å². The zero-order valence-electron chi connectivity index (χ0n) is 8.57. The van der Waals surface area contributed by atoms with Crippen molar-refractivity contribution >= 4 is 27.3 Å². The van der Waals surface area contributed by atoms with E-state index in [0.717, 1.165) is 29.1 Å². The smallest absolute Gasteiger partial charge is 0.123 e. The fraction of sp³-hybridized carbons (Fsp3) is 0.250. The number of fused-ring (bicyclic) bond motifs is 1. The molecule has 0 spiro atoms. The summed E-state index contributed by atoms with van der Waals surface area (Å²) in [4.78, 5) is 5.96. The Balaban J connectivity index is 2.00. The molecule has 1 aliphatic rings. The van der Waals surface area contributed by atoms with Crippen LogP contribution in [0.1, 0.15) is 10.6 Å². The van der Waals surface area contributed by atoms with Gasteiger partial charge in [0.15, 0.2) is 0 Å². The summed E-state index contributed by atoms with van der Waals surface area (Å²) in [6.45, 7) is 1.53. The van der Waals surface area contributed by atoms with Crippen molar-refractivity contribution in [2.24, 2.45) is 0 Å². The van der Waals surface area contributed by atoms with Crippen molar-refractivity contribution in [3.63, 3.8) is 0 Å². The van der Waals surface area contributed by atoms with Crippen molar-refractivity contribution in [2.75, 3.05) is 6.61 Å². The zero-order chi connectivity index (χ0) is 11.0. The van der Waals surface area contributed by atoms with E-state index in [1.54, 1.807) is 11.3 Å². The van der Waals surface area contributed by atoms with Crippen LogP contribution in [0.3, 0.4) is 0 Å². The molecule has 1 aliphatic heterocycles. The highest BCUT2D eigenvalue weighted by Gasteiger charge is 2.16. The van der Waals surface area contributed by atoms with Crippen molar-refractivity contribution < 1.29 is 4.74 Å². The third kappa shape index (κ3) is 1.93. The maximum atomic E-state index is 5.43. The Morgan fingerprint density at radius 2 is 2.06 bits per heavy atom. The summed E-state index contributed by atoms with van der Waals surface area (Å²) in [5.41, 5.74) is 2.40. The van der Waals surface area contributed by atoms with Crippen molar-refractivity contribution in [1.82, 2.24) is 4.98 Å². The first-order valence-electron chi connectivity index (χ1n) is 5.15. The Hall–Kier alpha value is -0.710. The molecule has 0 N–H and O–H groups in total. The van der Waals surface area contributed by atoms with Gasteiger partial charge in [0, 0.05) is 16.5 Å². The summed E-state index contributed by atoms with van der Waals surface area (Å²) < 4.78 is 6.53. The molecule has 0 amide bonds. The molecule has 3 rings (SSSR count). The van der Waals surface area contributed by atoms with Crippen LogP contribution in [0.5, 0.6) is 0 Å². The minimum Gasteiger partial charge on any atom is -0.375 e. The van der Waals surface area contributed by atoms with Gasteiger partial charge in [0.1, 0.15) is 5.01 Å². The lowest BCUT2D eigenvalue weighted by atomic mass is 10.2. The van der Waals surface area contributed by atoms with Gasteiger partial charge >= 0.3 is 0 Å². The van der Waals surface area contributed by atoms with Crippen LogP contribution in [0.15, 0.2) is 28.7 Å². The number of hydrogen-bond acceptors (Lipinski definition) is 3. The largest absolute Gasteiger partial charge is 0.375 e. The van der Waals surface area contributed by atoms with Crippen LogP contribution in [0.25, 0.3) is 10.6 Å². The average Bonchev–Trinajstić information content (AvgIpc) is 2.73. The second-order valence-electron chi connectivity index (χ2n) is 3.70. The number of halogens is 1. The van der Waals surface area contributed by atoms with Crippen LogP contribution in [-0.4, -0.2) is 11.6 Å². The van der Waals surface area contributed by atoms with Gasteiger partial charge in [0.25, 0.3) is 0 Å². The molecule has 2 aromatic rings. The summed E-state index contributed by atoms with van der Waals surface area (Å²) >= 11 is 5.18. The lowest BCUT2D eigenvalue weighted by Crippen LogP contribution is -2.07. The molecule has 2 nitrogen and oxygen atoms in total. The molecule has 0 unspecified atom stereocenters. The van der Waals surface area contributed by atoms with E-state index >= 15 is 0 Å². The van der Waals surface area contributed by atoms with E-state index in [9.17, 15) is 0 Å². The van der Waals surface area contributed by atoms with E-state index in [-0.39, 0.29) is 0 Å². The highest BCUT2D eigenvalue weighted by atomic mass is 79.9. The first-order valence-corrected chi connectivity index (χ1v) is 6.76. The van der Waals surface area contributed by atoms with Gasteiger partial charge in [-0.1, -0.05) is 28.1 Å². The van der Waals surface area contributed by atoms with E-state index in [4.69, 9.17) is 4.74 Å². The molecule has 0 saturated heterocycles. The van der Waals surface area contributed by atoms with E-state index in [2.05, 4.69) is 33.0 Å². The predicted molar refractivity (Wildman–Crippen MR) is 68.6 cm³/mol. The van der Waals surface area contributed by atoms with E-state index in [1.165, 1.54) is 16.1 Å². The molecule has 0 radical (unpaired) electrons. The van der Waals surface area contributed by atoms with E-state index < -0.39 is 0 Å². The first kappa shape index (κ1) is 10.4. The topological polar surface area (TPSA) is 22.1 Å². The first-order chi connectivity index (χ1) is 7.83. The Morgan fingerprint density at radius 1 is 1.25 bits per heavy atom. The van der Waals surface area contributed by atoms with Crippen LogP contribution >= 0.6 is 27.3 Å². The quantitative estimate of drug-likeness (QED) is 0.801. The minimum absolute atomic E-state index is 0.726. The molecule has 4 heteroatoms. The Labute approximate surface area is 106 Å². The molecule has 0 saturated carbocycles. The molecule has 0 aliphatic carbocycles. The number of thiazole rings is 1. The second-order valence-corrected chi connectivity index (χ2v) is 5.70. The molecule has 1 aromatic heterocycles. The van der Waals surface area contributed by atoms with Crippen LogP contribution < -0.4 is 0 Å². The zero-order valence-corrected chi connectivity index (χ0v) is 11.0. The fourth-order valence-electron chi connectivity index (χ4n) is 1.74. The van der Waals surface area contributed by atoms with Crippen molar-refractivity contribution in [1.29, 1.82) is 0 Å². The van der Waals surface area contributed by atoms with Gasteiger partial charge in [-0.25, -0.2) is 4.98 Å². The van der Waals surface area contributed by atoms with Gasteiger partial charge in [-0.2, -0.15) is 0 Å². The van der Waals surface area contributed by atoms with Gasteiger partial charge in [-0.15, -0.1) is 11.3 Å². The summed E-state index contributed by atoms with van der Waals surface area (Å²) in [6.07, 6.45) is 0.947. The van der Waals surface area contributed by atoms with Gasteiger partial charge in [0.2, 0.25) is 0 Å². The molecule has 16 heavy (non-hydrogen) atoms. The fourth-order valence-corrected chi connectivity index (χ4v) is 3.06. The lowest BCUT2D eigenvalue weighted by Gasteiger charge is -2.08. The second kappa shape index (κ2) is 4.28. The minimum atomic E-state index is 0.726. The highest BCUT2D eigenvalue weighted by molar-refractivity contribution is 9.10. The molecule has 1 aromatic carbocycles. The SMILES string of the molecule is Brc1ccc(-c2nc3c(s2)COCC3)cc1. The Morgan fingerprint density at radius 3 is 2.81 bits per heavy atom. The normalized spacial score (nSPS) is 14.8. The lowest BCUT2D eigenvalue weighted by molar-refractivity contribution is 0.112. The summed E-state index contributed by atoms with van der Waals surface area (Å²) in [5, 5.41) is 1.10. The van der Waals surface area contributed by atoms with E-state index in [1.807, 2.05) is 12.1 Å². The third-order valence-corrected chi connectivity index (χ3v) is 4.23. The Kier molecular flexibility index (Phi) is 2.79. The average molecular weight is 296 g/mol. The van der Waals surface area contributed by atoms with Crippen LogP contribution in [0.2, 0.25) is 0 Å². The van der Waals surface area contributed by atoms with Gasteiger partial charge < -0.3 is 4.74 Å². The summed E-state index contributed by atoms with van der Waals surface area (Å²) in [6, 6.07) is 8.28. The van der Waals surface area contributed by atoms with Crippen LogP contribution in [0.4, 0.5) is 0 Å². The highest BCUT2D eigenvalue weighted by Crippen LogP contribution is 2.31. The number of aromatic nitrogens is 1. The standard InChI is InChI=1S/C12H10BrNOS/c13-9-3-1-8(2-4-9)12-14-10-5-6-15-7-11(10)16-12/h1-4H,5-7H2. The molecule has 0 fully saturated rings. The van der Waals surface area contributed by atoms with Gasteiger partial charge in [0.05, 0.1) is 23.8 Å². The molecule has 2 heterocycles.